The molecule has 0 aliphatic heterocycles. The second-order valence-electron chi connectivity index (χ2n) is 3.25. The zero-order valence-electron chi connectivity index (χ0n) is 8.61. The van der Waals surface area contributed by atoms with Crippen molar-refractivity contribution in [1.29, 1.82) is 0 Å². The summed E-state index contributed by atoms with van der Waals surface area (Å²) < 4.78 is 22.1. The molecule has 0 radical (unpaired) electrons. The molecule has 3 N–H and O–H groups in total. The Balaban J connectivity index is 2.61. The molecule has 0 heterocycles. The van der Waals surface area contributed by atoms with Crippen LogP contribution in [0.4, 0.5) is 0 Å². The number of benzene rings is 1. The lowest BCUT2D eigenvalue weighted by Gasteiger charge is -2.05. The van der Waals surface area contributed by atoms with Gasteiger partial charge in [0, 0.05) is 15.7 Å². The van der Waals surface area contributed by atoms with Crippen LogP contribution in [0.15, 0.2) is 18.2 Å². The molecule has 0 saturated heterocycles. The Kier molecular flexibility index (Phi) is 5.17. The summed E-state index contributed by atoms with van der Waals surface area (Å²) in [6.07, 6.45) is 0. The van der Waals surface area contributed by atoms with Crippen LogP contribution in [0.3, 0.4) is 0 Å². The zero-order valence-corrected chi connectivity index (χ0v) is 12.3. The Bertz CT molecular complexity index is 533. The lowest BCUT2D eigenvalue weighted by atomic mass is 10.2. The van der Waals surface area contributed by atoms with E-state index in [0.717, 1.165) is 3.57 Å². The number of carbonyl (C=O) groups is 1. The minimum Gasteiger partial charge on any atom is -0.351 e. The molecule has 5 nitrogen and oxygen atoms in total. The van der Waals surface area contributed by atoms with Crippen LogP contribution < -0.4 is 10.5 Å². The fourth-order valence-corrected chi connectivity index (χ4v) is 1.95. The normalized spacial score (nSPS) is 11.2. The number of primary sulfonamides is 1. The van der Waals surface area contributed by atoms with Gasteiger partial charge in [-0.05, 0) is 40.8 Å². The monoisotopic (exact) mass is 388 g/mol. The Morgan fingerprint density at radius 3 is 2.65 bits per heavy atom. The summed E-state index contributed by atoms with van der Waals surface area (Å²) in [6.45, 7) is -0.0265. The summed E-state index contributed by atoms with van der Waals surface area (Å²) in [7, 11) is -3.56. The molecule has 0 saturated carbocycles. The van der Waals surface area contributed by atoms with Gasteiger partial charge in [0.2, 0.25) is 10.0 Å². The highest BCUT2D eigenvalue weighted by Gasteiger charge is 2.09. The average Bonchev–Trinajstić information content (AvgIpc) is 2.20. The van der Waals surface area contributed by atoms with Crippen molar-refractivity contribution in [3.05, 3.63) is 32.4 Å². The Hall–Kier alpha value is -0.380. The van der Waals surface area contributed by atoms with Gasteiger partial charge in [0.05, 0.1) is 10.8 Å². The van der Waals surface area contributed by atoms with Crippen LogP contribution in [-0.2, 0) is 10.0 Å². The van der Waals surface area contributed by atoms with Crippen LogP contribution >= 0.6 is 34.2 Å². The first-order valence-corrected chi connectivity index (χ1v) is 7.70. The zero-order chi connectivity index (χ0) is 13.1. The molecule has 8 heteroatoms. The number of sulfonamides is 1. The van der Waals surface area contributed by atoms with E-state index < -0.39 is 10.0 Å². The third-order valence-corrected chi connectivity index (χ3v) is 4.20. The van der Waals surface area contributed by atoms with Crippen molar-refractivity contribution < 1.29 is 13.2 Å². The summed E-state index contributed by atoms with van der Waals surface area (Å²) in [4.78, 5) is 11.6. The number of amides is 1. The standard InChI is InChI=1S/C9H10ClIN2O3S/c10-7-5-6(1-2-8(7)11)9(14)13-3-4-17(12,15)16/h1-2,5H,3-4H2,(H,13,14)(H2,12,15,16). The molecular formula is C9H10ClIN2O3S. The molecule has 0 aliphatic rings. The number of nitrogens with two attached hydrogens (primary N) is 1. The third kappa shape index (κ3) is 5.19. The van der Waals surface area contributed by atoms with Crippen LogP contribution in [0.2, 0.25) is 5.02 Å². The first-order valence-electron chi connectivity index (χ1n) is 4.53. The number of carbonyl (C=O) groups excluding carboxylic acids is 1. The minimum atomic E-state index is -3.56. The van der Waals surface area contributed by atoms with E-state index in [1.54, 1.807) is 12.1 Å². The van der Waals surface area contributed by atoms with Gasteiger partial charge in [-0.2, -0.15) is 0 Å². The van der Waals surface area contributed by atoms with Crippen molar-refractivity contribution in [3.63, 3.8) is 0 Å². The fraction of sp³-hybridized carbons (Fsp3) is 0.222. The summed E-state index contributed by atoms with van der Waals surface area (Å²) in [6, 6.07) is 4.84. The van der Waals surface area contributed by atoms with E-state index in [2.05, 4.69) is 5.32 Å². The molecule has 0 unspecified atom stereocenters. The predicted octanol–water partition coefficient (Wildman–Crippen LogP) is 0.963. The third-order valence-electron chi connectivity index (χ3n) is 1.85. The molecule has 94 valence electrons. The van der Waals surface area contributed by atoms with Gasteiger partial charge < -0.3 is 5.32 Å². The Morgan fingerprint density at radius 1 is 1.47 bits per heavy atom. The van der Waals surface area contributed by atoms with Crippen molar-refractivity contribution >= 4 is 50.1 Å². The summed E-state index contributed by atoms with van der Waals surface area (Å²) in [5, 5.41) is 7.72. The van der Waals surface area contributed by atoms with Crippen LogP contribution in [0, 0.1) is 3.57 Å². The SMILES string of the molecule is NS(=O)(=O)CCNC(=O)c1ccc(I)c(Cl)c1. The molecular weight excluding hydrogens is 379 g/mol. The van der Waals surface area contributed by atoms with E-state index >= 15 is 0 Å². The quantitative estimate of drug-likeness (QED) is 0.753. The largest absolute Gasteiger partial charge is 0.351 e. The van der Waals surface area contributed by atoms with Gasteiger partial charge in [-0.15, -0.1) is 0 Å². The molecule has 1 amide bonds. The van der Waals surface area contributed by atoms with Crippen molar-refractivity contribution in [2.45, 2.75) is 0 Å². The lowest BCUT2D eigenvalue weighted by Crippen LogP contribution is -2.31. The van der Waals surface area contributed by atoms with Crippen LogP contribution in [0.25, 0.3) is 0 Å². The number of halogens is 2. The van der Waals surface area contributed by atoms with Gasteiger partial charge in [0.1, 0.15) is 0 Å². The molecule has 0 spiro atoms. The van der Waals surface area contributed by atoms with Crippen LogP contribution in [0.5, 0.6) is 0 Å². The van der Waals surface area contributed by atoms with Crippen molar-refractivity contribution in [2.24, 2.45) is 5.14 Å². The molecule has 17 heavy (non-hydrogen) atoms. The van der Waals surface area contributed by atoms with E-state index in [1.165, 1.54) is 6.07 Å². The van der Waals surface area contributed by atoms with Gasteiger partial charge in [-0.1, -0.05) is 11.6 Å². The minimum absolute atomic E-state index is 0.0265. The number of hydrogen-bond acceptors (Lipinski definition) is 3. The Morgan fingerprint density at radius 2 is 2.12 bits per heavy atom. The molecule has 0 bridgehead atoms. The smallest absolute Gasteiger partial charge is 0.251 e. The maximum Gasteiger partial charge on any atom is 0.251 e. The lowest BCUT2D eigenvalue weighted by molar-refractivity contribution is 0.0956. The fourth-order valence-electron chi connectivity index (χ4n) is 1.05. The van der Waals surface area contributed by atoms with E-state index in [1.807, 2.05) is 22.6 Å². The molecule has 1 aromatic carbocycles. The predicted molar refractivity (Wildman–Crippen MR) is 74.5 cm³/mol. The second-order valence-corrected chi connectivity index (χ2v) is 6.56. The molecule has 0 aliphatic carbocycles. The molecule has 0 fully saturated rings. The van der Waals surface area contributed by atoms with Gasteiger partial charge in [-0.3, -0.25) is 4.79 Å². The number of nitrogens with one attached hydrogen (secondary N) is 1. The van der Waals surface area contributed by atoms with E-state index in [4.69, 9.17) is 16.7 Å². The van der Waals surface area contributed by atoms with Gasteiger partial charge in [-0.25, -0.2) is 13.6 Å². The first kappa shape index (κ1) is 14.7. The van der Waals surface area contributed by atoms with Gasteiger partial charge in [0.15, 0.2) is 0 Å². The van der Waals surface area contributed by atoms with E-state index in [9.17, 15) is 13.2 Å². The second kappa shape index (κ2) is 5.98. The van der Waals surface area contributed by atoms with Crippen LogP contribution in [0.1, 0.15) is 10.4 Å². The topological polar surface area (TPSA) is 89.3 Å². The average molecular weight is 389 g/mol. The first-order chi connectivity index (χ1) is 7.79. The molecule has 1 rings (SSSR count). The van der Waals surface area contributed by atoms with E-state index in [-0.39, 0.29) is 18.2 Å². The summed E-state index contributed by atoms with van der Waals surface area (Å²) in [5.74, 6) is -0.677. The highest BCUT2D eigenvalue weighted by molar-refractivity contribution is 14.1. The highest BCUT2D eigenvalue weighted by atomic mass is 127. The molecule has 0 atom stereocenters. The number of rotatable bonds is 4. The molecule has 0 aromatic heterocycles. The van der Waals surface area contributed by atoms with Gasteiger partial charge in [0.25, 0.3) is 5.91 Å². The highest BCUT2D eigenvalue weighted by Crippen LogP contribution is 2.19. The summed E-state index contributed by atoms with van der Waals surface area (Å²) in [5.41, 5.74) is 0.379. The maximum absolute atomic E-state index is 11.6. The Labute approximate surface area is 118 Å². The van der Waals surface area contributed by atoms with Gasteiger partial charge >= 0.3 is 0 Å². The summed E-state index contributed by atoms with van der Waals surface area (Å²) >= 11 is 7.91. The maximum atomic E-state index is 11.6. The van der Waals surface area contributed by atoms with Crippen molar-refractivity contribution in [3.8, 4) is 0 Å². The van der Waals surface area contributed by atoms with Crippen molar-refractivity contribution in [2.75, 3.05) is 12.3 Å². The van der Waals surface area contributed by atoms with Crippen LogP contribution in [-0.4, -0.2) is 26.6 Å². The van der Waals surface area contributed by atoms with Crippen molar-refractivity contribution in [1.82, 2.24) is 5.32 Å². The number of hydrogen-bond donors (Lipinski definition) is 2. The van der Waals surface area contributed by atoms with E-state index in [0.29, 0.717) is 10.6 Å². The molecule has 1 aromatic rings.